The van der Waals surface area contributed by atoms with E-state index in [1.807, 2.05) is 31.2 Å². The molecule has 0 bridgehead atoms. The van der Waals surface area contributed by atoms with Crippen LogP contribution in [0.3, 0.4) is 0 Å². The summed E-state index contributed by atoms with van der Waals surface area (Å²) < 4.78 is 5.55. The zero-order chi connectivity index (χ0) is 25.0. The lowest BCUT2D eigenvalue weighted by Crippen LogP contribution is -2.62. The fourth-order valence-corrected chi connectivity index (χ4v) is 5.09. The first-order valence-corrected chi connectivity index (χ1v) is 12.1. The number of carbonyl (C=O) groups excluding carboxylic acids is 2. The fourth-order valence-electron chi connectivity index (χ4n) is 5.09. The van der Waals surface area contributed by atoms with Gasteiger partial charge in [-0.1, -0.05) is 61.5 Å². The predicted octanol–water partition coefficient (Wildman–Crippen LogP) is 4.43. The first kappa shape index (κ1) is 24.5. The molecular formula is C28H32N2O5. The third-order valence-corrected chi connectivity index (χ3v) is 7.10. The van der Waals surface area contributed by atoms with Crippen LogP contribution in [-0.2, 0) is 14.3 Å². The van der Waals surface area contributed by atoms with Crippen molar-refractivity contribution in [2.45, 2.75) is 32.1 Å². The number of allylic oxidation sites excluding steroid dienone is 1. The Labute approximate surface area is 205 Å². The number of likely N-dealkylation sites (tertiary alicyclic amines) is 1. The number of ether oxygens (including phenoxy) is 1. The Morgan fingerprint density at radius 2 is 1.74 bits per heavy atom. The topological polar surface area (TPSA) is 95.9 Å². The van der Waals surface area contributed by atoms with Gasteiger partial charge in [-0.2, -0.15) is 0 Å². The molecule has 0 spiro atoms. The van der Waals surface area contributed by atoms with Crippen LogP contribution >= 0.6 is 0 Å². The highest BCUT2D eigenvalue weighted by Crippen LogP contribution is 2.44. The summed E-state index contributed by atoms with van der Waals surface area (Å²) in [5.41, 5.74) is 3.80. The van der Waals surface area contributed by atoms with Crippen molar-refractivity contribution in [3.05, 3.63) is 72.3 Å². The number of nitrogens with one attached hydrogen (secondary N) is 1. The van der Waals surface area contributed by atoms with Gasteiger partial charge in [0.2, 0.25) is 5.91 Å². The highest BCUT2D eigenvalue weighted by Gasteiger charge is 2.50. The molecule has 0 radical (unpaired) electrons. The first-order chi connectivity index (χ1) is 16.8. The maximum Gasteiger partial charge on any atom is 0.407 e. The molecule has 2 aliphatic rings. The molecule has 2 aromatic carbocycles. The van der Waals surface area contributed by atoms with E-state index in [1.54, 1.807) is 11.0 Å². The van der Waals surface area contributed by atoms with Crippen LogP contribution in [0, 0.1) is 11.3 Å². The molecule has 7 nitrogen and oxygen atoms in total. The maximum atomic E-state index is 12.5. The Bertz CT molecular complexity index is 1080. The summed E-state index contributed by atoms with van der Waals surface area (Å²) in [5.74, 6) is -0.878. The predicted molar refractivity (Wildman–Crippen MR) is 133 cm³/mol. The van der Waals surface area contributed by atoms with Gasteiger partial charge >= 0.3 is 12.1 Å². The van der Waals surface area contributed by atoms with Gasteiger partial charge in [0, 0.05) is 32.0 Å². The minimum atomic E-state index is -0.897. The van der Waals surface area contributed by atoms with E-state index in [9.17, 15) is 19.5 Å². The number of rotatable bonds is 10. The number of alkyl carbamates (subject to hydrolysis) is 1. The Morgan fingerprint density at radius 1 is 1.14 bits per heavy atom. The van der Waals surface area contributed by atoms with Gasteiger partial charge in [0.25, 0.3) is 0 Å². The van der Waals surface area contributed by atoms with Gasteiger partial charge in [-0.3, -0.25) is 9.59 Å². The summed E-state index contributed by atoms with van der Waals surface area (Å²) in [6.45, 7) is 6.68. The largest absolute Gasteiger partial charge is 0.481 e. The smallest absolute Gasteiger partial charge is 0.407 e. The summed E-state index contributed by atoms with van der Waals surface area (Å²) in [6, 6.07) is 16.4. The monoisotopic (exact) mass is 476 g/mol. The Hall–Kier alpha value is -3.61. The number of carboxylic acids is 1. The van der Waals surface area contributed by atoms with Crippen LogP contribution in [0.25, 0.3) is 11.1 Å². The average Bonchev–Trinajstić information content (AvgIpc) is 3.13. The summed E-state index contributed by atoms with van der Waals surface area (Å²) in [6.07, 6.45) is 2.42. The zero-order valence-corrected chi connectivity index (χ0v) is 20.0. The number of fused-ring (bicyclic) bond motifs is 3. The molecular weight excluding hydrogens is 444 g/mol. The van der Waals surface area contributed by atoms with Gasteiger partial charge in [0.1, 0.15) is 12.0 Å². The molecule has 1 fully saturated rings. The number of nitrogens with zero attached hydrogens (tertiary/aromatic N) is 1. The number of carbonyl (C=O) groups is 3. The third kappa shape index (κ3) is 5.09. The first-order valence-electron chi connectivity index (χ1n) is 12.1. The van der Waals surface area contributed by atoms with Gasteiger partial charge in [-0.15, -0.1) is 6.58 Å². The molecule has 4 rings (SSSR count). The van der Waals surface area contributed by atoms with Crippen molar-refractivity contribution in [2.75, 3.05) is 26.2 Å². The number of amides is 2. The van der Waals surface area contributed by atoms with Crippen molar-refractivity contribution in [2.24, 2.45) is 11.3 Å². The van der Waals surface area contributed by atoms with Crippen molar-refractivity contribution in [1.82, 2.24) is 10.2 Å². The molecule has 1 heterocycles. The molecule has 2 N–H and O–H groups in total. The molecule has 35 heavy (non-hydrogen) atoms. The zero-order valence-electron chi connectivity index (χ0n) is 20.0. The lowest BCUT2D eigenvalue weighted by molar-refractivity contribution is -0.166. The summed E-state index contributed by atoms with van der Waals surface area (Å²) in [4.78, 5) is 37.9. The van der Waals surface area contributed by atoms with Gasteiger partial charge in [0.15, 0.2) is 0 Å². The number of hydrogen-bond acceptors (Lipinski definition) is 4. The molecule has 1 unspecified atom stereocenters. The average molecular weight is 477 g/mol. The molecule has 1 atom stereocenters. The van der Waals surface area contributed by atoms with Gasteiger partial charge in [-0.25, -0.2) is 4.79 Å². The summed E-state index contributed by atoms with van der Waals surface area (Å²) >= 11 is 0. The van der Waals surface area contributed by atoms with Crippen molar-refractivity contribution >= 4 is 18.0 Å². The van der Waals surface area contributed by atoms with E-state index in [0.717, 1.165) is 0 Å². The van der Waals surface area contributed by atoms with Crippen LogP contribution in [-0.4, -0.2) is 54.2 Å². The molecule has 1 aliphatic heterocycles. The lowest BCUT2D eigenvalue weighted by Gasteiger charge is -2.47. The van der Waals surface area contributed by atoms with Crippen LogP contribution in [0.1, 0.15) is 43.2 Å². The van der Waals surface area contributed by atoms with Crippen LogP contribution in [0.2, 0.25) is 0 Å². The highest BCUT2D eigenvalue weighted by molar-refractivity contribution is 5.83. The SMILES string of the molecule is C=CCC1(C(=O)O)CN(C(=O)CC(C)CCNC(=O)OCC2c3ccccc3-c3ccccc32)C1. The molecule has 184 valence electrons. The van der Waals surface area contributed by atoms with Gasteiger partial charge in [-0.05, 0) is 41.0 Å². The molecule has 0 saturated carbocycles. The van der Waals surface area contributed by atoms with E-state index in [0.29, 0.717) is 25.8 Å². The maximum absolute atomic E-state index is 12.5. The van der Waals surface area contributed by atoms with Crippen molar-refractivity contribution < 1.29 is 24.2 Å². The van der Waals surface area contributed by atoms with E-state index in [1.165, 1.54) is 22.3 Å². The minimum absolute atomic E-state index is 0.0141. The van der Waals surface area contributed by atoms with Crippen LogP contribution in [0.5, 0.6) is 0 Å². The molecule has 2 amide bonds. The lowest BCUT2D eigenvalue weighted by atomic mass is 9.76. The second-order valence-corrected chi connectivity index (χ2v) is 9.68. The van der Waals surface area contributed by atoms with Crippen molar-refractivity contribution in [3.8, 4) is 11.1 Å². The quantitative estimate of drug-likeness (QED) is 0.495. The van der Waals surface area contributed by atoms with Crippen molar-refractivity contribution in [1.29, 1.82) is 0 Å². The van der Waals surface area contributed by atoms with Crippen LogP contribution in [0.15, 0.2) is 61.2 Å². The van der Waals surface area contributed by atoms with Gasteiger partial charge < -0.3 is 20.1 Å². The van der Waals surface area contributed by atoms with E-state index < -0.39 is 17.5 Å². The number of hydrogen-bond donors (Lipinski definition) is 2. The minimum Gasteiger partial charge on any atom is -0.481 e. The summed E-state index contributed by atoms with van der Waals surface area (Å²) in [5, 5.41) is 12.2. The van der Waals surface area contributed by atoms with E-state index in [4.69, 9.17) is 4.74 Å². The Morgan fingerprint density at radius 3 is 2.31 bits per heavy atom. The third-order valence-electron chi connectivity index (χ3n) is 7.10. The second kappa shape index (κ2) is 10.3. The molecule has 1 aliphatic carbocycles. The highest BCUT2D eigenvalue weighted by atomic mass is 16.5. The number of aliphatic carboxylic acids is 1. The van der Waals surface area contributed by atoms with Crippen LogP contribution in [0.4, 0.5) is 4.79 Å². The van der Waals surface area contributed by atoms with E-state index in [2.05, 4.69) is 36.2 Å². The van der Waals surface area contributed by atoms with E-state index >= 15 is 0 Å². The molecule has 0 aromatic heterocycles. The van der Waals surface area contributed by atoms with Crippen molar-refractivity contribution in [3.63, 3.8) is 0 Å². The summed E-state index contributed by atoms with van der Waals surface area (Å²) in [7, 11) is 0. The molecule has 7 heteroatoms. The normalized spacial score (nSPS) is 16.4. The Kier molecular flexibility index (Phi) is 7.24. The molecule has 1 saturated heterocycles. The van der Waals surface area contributed by atoms with Crippen LogP contribution < -0.4 is 5.32 Å². The molecule has 2 aromatic rings. The number of benzene rings is 2. The second-order valence-electron chi connectivity index (χ2n) is 9.68. The van der Waals surface area contributed by atoms with E-state index in [-0.39, 0.29) is 37.4 Å². The fraction of sp³-hybridized carbons (Fsp3) is 0.393. The Balaban J connectivity index is 1.19. The standard InChI is InChI=1S/C28H32N2O5/c1-3-13-28(26(32)33)17-30(18-28)25(31)15-19(2)12-14-29-27(34)35-16-24-22-10-6-4-8-20(22)21-9-5-7-11-23(21)24/h3-11,19,24H,1,12-18H2,2H3,(H,29,34)(H,32,33). The number of carboxylic acid groups (broad SMARTS) is 1. The van der Waals surface area contributed by atoms with Gasteiger partial charge in [0.05, 0.1) is 0 Å².